The van der Waals surface area contributed by atoms with Gasteiger partial charge in [0, 0.05) is 10.6 Å². The number of hydrogen-bond donors (Lipinski definition) is 0. The van der Waals surface area contributed by atoms with E-state index in [0.29, 0.717) is 5.69 Å². The van der Waals surface area contributed by atoms with Crippen LogP contribution in [-0.4, -0.2) is 0 Å². The van der Waals surface area contributed by atoms with Crippen LogP contribution in [0.2, 0.25) is 0 Å². The minimum atomic E-state index is 0.703. The van der Waals surface area contributed by atoms with E-state index in [-0.39, 0.29) is 0 Å². The van der Waals surface area contributed by atoms with E-state index >= 15 is 0 Å². The third kappa shape index (κ3) is 2.41. The minimum absolute atomic E-state index is 0.703. The Kier molecular flexibility index (Phi) is 3.22. The van der Waals surface area contributed by atoms with Gasteiger partial charge >= 0.3 is 0 Å². The molecule has 0 aliphatic rings. The fraction of sp³-hybridized carbons (Fsp3) is 0.0769. The Hall–Kier alpha value is -2.25. The van der Waals surface area contributed by atoms with Crippen molar-refractivity contribution in [2.45, 2.75) is 6.42 Å². The largest absolute Gasteiger partial charge is 0.0622 e. The fourth-order valence-corrected chi connectivity index (χ4v) is 1.62. The number of rotatable bonds is 3. The highest BCUT2D eigenvalue weighted by Gasteiger charge is 2.00. The lowest BCUT2D eigenvalue weighted by Gasteiger charge is -2.04. The first kappa shape index (κ1) is 10.3. The Balaban J connectivity index is 2.31. The van der Waals surface area contributed by atoms with E-state index in [1.165, 1.54) is 5.56 Å². The van der Waals surface area contributed by atoms with E-state index in [1.54, 1.807) is 0 Å². The van der Waals surface area contributed by atoms with Crippen LogP contribution in [0.3, 0.4) is 0 Å². The van der Waals surface area contributed by atoms with Gasteiger partial charge in [0.15, 0.2) is 0 Å². The molecule has 3 heteroatoms. The second-order valence-corrected chi connectivity index (χ2v) is 3.48. The predicted molar refractivity (Wildman–Crippen MR) is 64.5 cm³/mol. The van der Waals surface area contributed by atoms with Crippen LogP contribution in [0.5, 0.6) is 0 Å². The summed E-state index contributed by atoms with van der Waals surface area (Å²) in [5, 5.41) is 3.68. The fourth-order valence-electron chi connectivity index (χ4n) is 1.62. The average molecular weight is 209 g/mol. The zero-order valence-corrected chi connectivity index (χ0v) is 8.74. The van der Waals surface area contributed by atoms with Crippen LogP contribution in [0, 0.1) is 0 Å². The molecule has 2 aromatic rings. The summed E-state index contributed by atoms with van der Waals surface area (Å²) >= 11 is 0. The van der Waals surface area contributed by atoms with Crippen LogP contribution in [0.25, 0.3) is 10.4 Å². The van der Waals surface area contributed by atoms with Crippen LogP contribution >= 0.6 is 0 Å². The summed E-state index contributed by atoms with van der Waals surface area (Å²) in [6.45, 7) is 0. The molecule has 0 heterocycles. The van der Waals surface area contributed by atoms with Crippen molar-refractivity contribution in [1.82, 2.24) is 0 Å². The molecule has 0 unspecified atom stereocenters. The Morgan fingerprint density at radius 3 is 2.38 bits per heavy atom. The molecule has 0 aliphatic carbocycles. The van der Waals surface area contributed by atoms with Crippen molar-refractivity contribution in [3.05, 3.63) is 76.2 Å². The summed E-state index contributed by atoms with van der Waals surface area (Å²) in [5.41, 5.74) is 11.4. The van der Waals surface area contributed by atoms with Gasteiger partial charge in [-0.05, 0) is 23.1 Å². The molecule has 2 aromatic carbocycles. The monoisotopic (exact) mass is 209 g/mol. The van der Waals surface area contributed by atoms with Gasteiger partial charge in [0.25, 0.3) is 0 Å². The van der Waals surface area contributed by atoms with Crippen molar-refractivity contribution in [2.24, 2.45) is 5.11 Å². The van der Waals surface area contributed by atoms with Crippen LogP contribution in [0.1, 0.15) is 11.1 Å². The topological polar surface area (TPSA) is 48.8 Å². The van der Waals surface area contributed by atoms with Gasteiger partial charge in [-0.2, -0.15) is 0 Å². The van der Waals surface area contributed by atoms with E-state index in [0.717, 1.165) is 12.0 Å². The summed E-state index contributed by atoms with van der Waals surface area (Å²) in [6.07, 6.45) is 0.788. The number of hydrogen-bond acceptors (Lipinski definition) is 1. The maximum atomic E-state index is 8.47. The van der Waals surface area contributed by atoms with Crippen LogP contribution in [-0.2, 0) is 6.42 Å². The molecule has 16 heavy (non-hydrogen) atoms. The third-order valence-electron chi connectivity index (χ3n) is 2.38. The Morgan fingerprint density at radius 2 is 1.62 bits per heavy atom. The average Bonchev–Trinajstić information content (AvgIpc) is 2.33. The summed E-state index contributed by atoms with van der Waals surface area (Å²) in [4.78, 5) is 2.83. The van der Waals surface area contributed by atoms with Gasteiger partial charge in [-0.1, -0.05) is 59.7 Å². The summed E-state index contributed by atoms with van der Waals surface area (Å²) < 4.78 is 0. The van der Waals surface area contributed by atoms with Crippen molar-refractivity contribution >= 4 is 5.69 Å². The molecule has 0 atom stereocenters. The molecule has 0 saturated heterocycles. The van der Waals surface area contributed by atoms with E-state index in [4.69, 9.17) is 5.53 Å². The van der Waals surface area contributed by atoms with E-state index in [9.17, 15) is 0 Å². The molecule has 0 N–H and O–H groups in total. The zero-order valence-electron chi connectivity index (χ0n) is 8.74. The predicted octanol–water partition coefficient (Wildman–Crippen LogP) is 4.22. The van der Waals surface area contributed by atoms with Gasteiger partial charge in [0.05, 0.1) is 0 Å². The van der Waals surface area contributed by atoms with Crippen LogP contribution in [0.4, 0.5) is 5.69 Å². The first-order valence-corrected chi connectivity index (χ1v) is 5.07. The molecule has 0 amide bonds. The SMILES string of the molecule is [N-]=[N+]=Nc1ccccc1Cc1ccccc1. The van der Waals surface area contributed by atoms with Crippen molar-refractivity contribution < 1.29 is 0 Å². The van der Waals surface area contributed by atoms with Crippen molar-refractivity contribution in [3.63, 3.8) is 0 Å². The molecule has 2 rings (SSSR count). The first-order chi connectivity index (χ1) is 7.90. The lowest BCUT2D eigenvalue weighted by atomic mass is 10.0. The van der Waals surface area contributed by atoms with E-state index in [1.807, 2.05) is 42.5 Å². The zero-order chi connectivity index (χ0) is 11.2. The minimum Gasteiger partial charge on any atom is -0.0622 e. The molecule has 0 bridgehead atoms. The molecular formula is C13H11N3. The van der Waals surface area contributed by atoms with Crippen molar-refractivity contribution in [1.29, 1.82) is 0 Å². The Bertz CT molecular complexity index is 514. The van der Waals surface area contributed by atoms with Crippen LogP contribution in [0.15, 0.2) is 59.7 Å². The highest BCUT2D eigenvalue weighted by atomic mass is 15.1. The molecular weight excluding hydrogens is 198 g/mol. The Labute approximate surface area is 94.0 Å². The smallest absolute Gasteiger partial charge is 0.0410 e. The molecule has 78 valence electrons. The summed E-state index contributed by atoms with van der Waals surface area (Å²) in [7, 11) is 0. The van der Waals surface area contributed by atoms with E-state index in [2.05, 4.69) is 22.2 Å². The first-order valence-electron chi connectivity index (χ1n) is 5.07. The second kappa shape index (κ2) is 5.01. The van der Waals surface area contributed by atoms with Gasteiger partial charge in [0.1, 0.15) is 0 Å². The maximum absolute atomic E-state index is 8.47. The molecule has 0 aliphatic heterocycles. The molecule has 0 radical (unpaired) electrons. The van der Waals surface area contributed by atoms with Crippen LogP contribution < -0.4 is 0 Å². The number of benzene rings is 2. The van der Waals surface area contributed by atoms with Gasteiger partial charge in [-0.15, -0.1) is 0 Å². The number of nitrogens with zero attached hydrogens (tertiary/aromatic N) is 3. The normalized spacial score (nSPS) is 9.50. The second-order valence-electron chi connectivity index (χ2n) is 3.48. The molecule has 0 aromatic heterocycles. The molecule has 3 nitrogen and oxygen atoms in total. The van der Waals surface area contributed by atoms with Gasteiger partial charge in [-0.3, -0.25) is 0 Å². The van der Waals surface area contributed by atoms with E-state index < -0.39 is 0 Å². The molecule has 0 fully saturated rings. The lowest BCUT2D eigenvalue weighted by molar-refractivity contribution is 1.18. The van der Waals surface area contributed by atoms with Crippen molar-refractivity contribution in [3.8, 4) is 0 Å². The summed E-state index contributed by atoms with van der Waals surface area (Å²) in [5.74, 6) is 0. The van der Waals surface area contributed by atoms with Gasteiger partial charge < -0.3 is 0 Å². The quantitative estimate of drug-likeness (QED) is 0.413. The highest BCUT2D eigenvalue weighted by Crippen LogP contribution is 2.21. The number of azide groups is 1. The standard InChI is InChI=1S/C13H11N3/c14-16-15-13-9-5-4-8-12(13)10-11-6-2-1-3-7-11/h1-9H,10H2. The third-order valence-corrected chi connectivity index (χ3v) is 2.38. The Morgan fingerprint density at radius 1 is 0.938 bits per heavy atom. The van der Waals surface area contributed by atoms with Crippen molar-refractivity contribution in [2.75, 3.05) is 0 Å². The van der Waals surface area contributed by atoms with Gasteiger partial charge in [-0.25, -0.2) is 0 Å². The van der Waals surface area contributed by atoms with Gasteiger partial charge in [0.2, 0.25) is 0 Å². The highest BCUT2D eigenvalue weighted by molar-refractivity contribution is 5.47. The maximum Gasteiger partial charge on any atom is 0.0410 e. The molecule has 0 saturated carbocycles. The lowest BCUT2D eigenvalue weighted by Crippen LogP contribution is -1.87. The molecule has 0 spiro atoms. The summed E-state index contributed by atoms with van der Waals surface area (Å²) in [6, 6.07) is 17.8.